The Morgan fingerprint density at radius 1 is 1.00 bits per heavy atom. The van der Waals surface area contributed by atoms with Crippen molar-refractivity contribution in [2.24, 2.45) is 0 Å². The molecule has 0 radical (unpaired) electrons. The zero-order valence-electron chi connectivity index (χ0n) is 14.4. The van der Waals surface area contributed by atoms with E-state index in [-0.39, 0.29) is 23.9 Å². The van der Waals surface area contributed by atoms with E-state index in [0.717, 1.165) is 38.8 Å². The average molecular weight is 323 g/mol. The highest BCUT2D eigenvalue weighted by Gasteiger charge is 2.42. The molecule has 2 amide bonds. The molecule has 0 spiro atoms. The van der Waals surface area contributed by atoms with Gasteiger partial charge in [0.2, 0.25) is 11.8 Å². The third-order valence-corrected chi connectivity index (χ3v) is 5.67. The summed E-state index contributed by atoms with van der Waals surface area (Å²) in [5, 5.41) is 0. The van der Waals surface area contributed by atoms with Crippen LogP contribution in [0.5, 0.6) is 0 Å². The molecule has 0 bridgehead atoms. The second kappa shape index (κ2) is 7.18. The molecule has 3 fully saturated rings. The number of likely N-dealkylation sites (tertiary alicyclic amines) is 2. The average Bonchev–Trinajstić information content (AvgIpc) is 3.22. The molecule has 0 aromatic heterocycles. The lowest BCUT2D eigenvalue weighted by atomic mass is 10.0. The van der Waals surface area contributed by atoms with Crippen molar-refractivity contribution < 1.29 is 14.3 Å². The van der Waals surface area contributed by atoms with Crippen LogP contribution in [-0.4, -0.2) is 84.0 Å². The largest absolute Gasteiger partial charge is 0.378 e. The van der Waals surface area contributed by atoms with Crippen LogP contribution in [0.25, 0.3) is 0 Å². The van der Waals surface area contributed by atoms with Crippen molar-refractivity contribution in [2.75, 3.05) is 39.4 Å². The molecule has 3 saturated heterocycles. The molecule has 3 aliphatic rings. The van der Waals surface area contributed by atoms with Gasteiger partial charge in [0.15, 0.2) is 0 Å². The summed E-state index contributed by atoms with van der Waals surface area (Å²) in [7, 11) is 0. The fourth-order valence-corrected chi connectivity index (χ4v) is 4.48. The first kappa shape index (κ1) is 16.7. The van der Waals surface area contributed by atoms with Crippen LogP contribution < -0.4 is 0 Å². The lowest BCUT2D eigenvalue weighted by Crippen LogP contribution is -2.55. The number of ether oxygens (including phenoxy) is 1. The minimum absolute atomic E-state index is 0.102. The maximum absolute atomic E-state index is 12.8. The van der Waals surface area contributed by atoms with Crippen LogP contribution in [0.15, 0.2) is 0 Å². The Hall–Kier alpha value is -1.14. The minimum Gasteiger partial charge on any atom is -0.378 e. The molecule has 3 heterocycles. The fourth-order valence-electron chi connectivity index (χ4n) is 4.48. The summed E-state index contributed by atoms with van der Waals surface area (Å²) < 4.78 is 5.35. The molecule has 0 aromatic carbocycles. The van der Waals surface area contributed by atoms with Crippen molar-refractivity contribution in [3.8, 4) is 0 Å². The summed E-state index contributed by atoms with van der Waals surface area (Å²) in [5.74, 6) is 0.388. The second-order valence-corrected chi connectivity index (χ2v) is 6.98. The van der Waals surface area contributed by atoms with Gasteiger partial charge in [-0.3, -0.25) is 14.5 Å². The number of carbonyl (C=O) groups is 2. The van der Waals surface area contributed by atoms with Gasteiger partial charge in [-0.1, -0.05) is 0 Å². The van der Waals surface area contributed by atoms with Gasteiger partial charge >= 0.3 is 0 Å². The monoisotopic (exact) mass is 323 g/mol. The molecule has 6 heteroatoms. The molecule has 0 N–H and O–H groups in total. The van der Waals surface area contributed by atoms with E-state index >= 15 is 0 Å². The zero-order chi connectivity index (χ0) is 16.4. The van der Waals surface area contributed by atoms with Crippen molar-refractivity contribution in [2.45, 2.75) is 57.7 Å². The van der Waals surface area contributed by atoms with Gasteiger partial charge in [0.05, 0.1) is 19.3 Å². The van der Waals surface area contributed by atoms with Gasteiger partial charge in [-0.25, -0.2) is 0 Å². The predicted octanol–water partition coefficient (Wildman–Crippen LogP) is 0.709. The van der Waals surface area contributed by atoms with Gasteiger partial charge in [-0.05, 0) is 39.2 Å². The van der Waals surface area contributed by atoms with Crippen LogP contribution in [0.1, 0.15) is 39.5 Å². The highest BCUT2D eigenvalue weighted by Crippen LogP contribution is 2.31. The van der Waals surface area contributed by atoms with Crippen LogP contribution in [0.4, 0.5) is 0 Å². The van der Waals surface area contributed by atoms with Gasteiger partial charge in [-0.15, -0.1) is 0 Å². The minimum atomic E-state index is -0.102. The number of carbonyl (C=O) groups excluding carboxylic acids is 2. The third-order valence-electron chi connectivity index (χ3n) is 5.67. The van der Waals surface area contributed by atoms with Gasteiger partial charge in [0, 0.05) is 38.6 Å². The molecular weight excluding hydrogens is 294 g/mol. The van der Waals surface area contributed by atoms with E-state index in [0.29, 0.717) is 32.3 Å². The summed E-state index contributed by atoms with van der Waals surface area (Å²) in [6.07, 6.45) is 4.36. The van der Waals surface area contributed by atoms with Crippen LogP contribution >= 0.6 is 0 Å². The Bertz CT molecular complexity index is 450. The lowest BCUT2D eigenvalue weighted by Gasteiger charge is -2.39. The molecule has 3 atom stereocenters. The Balaban J connectivity index is 1.68. The van der Waals surface area contributed by atoms with E-state index in [1.54, 1.807) is 6.92 Å². The van der Waals surface area contributed by atoms with Crippen LogP contribution in [-0.2, 0) is 14.3 Å². The third kappa shape index (κ3) is 3.38. The maximum atomic E-state index is 12.8. The Labute approximate surface area is 138 Å². The first-order valence-corrected chi connectivity index (χ1v) is 8.99. The first-order valence-electron chi connectivity index (χ1n) is 8.99. The molecule has 3 rings (SSSR count). The molecule has 3 aliphatic heterocycles. The first-order chi connectivity index (χ1) is 11.1. The highest BCUT2D eigenvalue weighted by molar-refractivity contribution is 5.81. The number of amides is 2. The zero-order valence-corrected chi connectivity index (χ0v) is 14.4. The van der Waals surface area contributed by atoms with E-state index in [9.17, 15) is 9.59 Å². The SMILES string of the molecule is CC(=O)N1CCC[C@@H]1[C@H]1CCCN1[C@@H](C)C(=O)N1CCOCC1. The predicted molar refractivity (Wildman–Crippen MR) is 87.0 cm³/mol. The van der Waals surface area contributed by atoms with Crippen molar-refractivity contribution >= 4 is 11.8 Å². The summed E-state index contributed by atoms with van der Waals surface area (Å²) in [5.41, 5.74) is 0. The topological polar surface area (TPSA) is 53.1 Å². The summed E-state index contributed by atoms with van der Waals surface area (Å²) in [4.78, 5) is 31.0. The molecule has 130 valence electrons. The Kier molecular flexibility index (Phi) is 5.21. The van der Waals surface area contributed by atoms with Crippen molar-refractivity contribution in [3.63, 3.8) is 0 Å². The fraction of sp³-hybridized carbons (Fsp3) is 0.882. The van der Waals surface area contributed by atoms with E-state index in [1.807, 2.05) is 16.7 Å². The van der Waals surface area contributed by atoms with Gasteiger partial charge < -0.3 is 14.5 Å². The van der Waals surface area contributed by atoms with Crippen molar-refractivity contribution in [1.29, 1.82) is 0 Å². The Morgan fingerprint density at radius 3 is 2.35 bits per heavy atom. The van der Waals surface area contributed by atoms with Crippen LogP contribution in [0.2, 0.25) is 0 Å². The van der Waals surface area contributed by atoms with Crippen molar-refractivity contribution in [1.82, 2.24) is 14.7 Å². The van der Waals surface area contributed by atoms with Gasteiger partial charge in [0.25, 0.3) is 0 Å². The lowest BCUT2D eigenvalue weighted by molar-refractivity contribution is -0.141. The van der Waals surface area contributed by atoms with Crippen LogP contribution in [0.3, 0.4) is 0 Å². The standard InChI is InChI=1S/C17H29N3O3/c1-13(17(22)18-9-11-23-12-10-18)19-7-3-5-15(19)16-6-4-8-20(16)14(2)21/h13,15-16H,3-12H2,1-2H3/t13-,15+,16+/m0/s1. The molecule has 0 aromatic rings. The molecule has 23 heavy (non-hydrogen) atoms. The smallest absolute Gasteiger partial charge is 0.239 e. The summed E-state index contributed by atoms with van der Waals surface area (Å²) in [6.45, 7) is 8.21. The number of hydrogen-bond donors (Lipinski definition) is 0. The highest BCUT2D eigenvalue weighted by atomic mass is 16.5. The molecule has 0 saturated carbocycles. The number of morpholine rings is 1. The van der Waals surface area contributed by atoms with E-state index in [4.69, 9.17) is 4.74 Å². The van der Waals surface area contributed by atoms with E-state index in [2.05, 4.69) is 4.90 Å². The Morgan fingerprint density at radius 2 is 1.65 bits per heavy atom. The molecule has 0 aliphatic carbocycles. The van der Waals surface area contributed by atoms with Crippen LogP contribution in [0, 0.1) is 0 Å². The summed E-state index contributed by atoms with van der Waals surface area (Å²) >= 11 is 0. The van der Waals surface area contributed by atoms with Gasteiger partial charge in [-0.2, -0.15) is 0 Å². The maximum Gasteiger partial charge on any atom is 0.239 e. The number of rotatable bonds is 3. The summed E-state index contributed by atoms with van der Waals surface area (Å²) in [6, 6.07) is 0.520. The number of hydrogen-bond acceptors (Lipinski definition) is 4. The number of nitrogens with zero attached hydrogens (tertiary/aromatic N) is 3. The van der Waals surface area contributed by atoms with E-state index < -0.39 is 0 Å². The second-order valence-electron chi connectivity index (χ2n) is 6.98. The molecule has 0 unspecified atom stereocenters. The quantitative estimate of drug-likeness (QED) is 0.767. The molecular formula is C17H29N3O3. The van der Waals surface area contributed by atoms with Crippen molar-refractivity contribution in [3.05, 3.63) is 0 Å². The van der Waals surface area contributed by atoms with Gasteiger partial charge in [0.1, 0.15) is 0 Å². The molecule has 6 nitrogen and oxygen atoms in total. The van der Waals surface area contributed by atoms with E-state index in [1.165, 1.54) is 0 Å². The normalized spacial score (nSPS) is 30.7.